The number of nitrogens with zero attached hydrogens (tertiary/aromatic N) is 7. The zero-order valence-corrected chi connectivity index (χ0v) is 34.8. The lowest BCUT2D eigenvalue weighted by molar-refractivity contribution is -0.665. The number of benzene rings is 1. The Morgan fingerprint density at radius 3 is 2.64 bits per heavy atom. The molecule has 0 saturated carbocycles. The van der Waals surface area contributed by atoms with Crippen molar-refractivity contribution in [1.29, 1.82) is 0 Å². The number of imidazole rings is 1. The monoisotopic (exact) mass is 835 g/mol. The number of ether oxygens (including phenoxy) is 3. The summed E-state index contributed by atoms with van der Waals surface area (Å²) in [5.74, 6) is -1.08. The van der Waals surface area contributed by atoms with Gasteiger partial charge >= 0.3 is 17.7 Å². The van der Waals surface area contributed by atoms with E-state index in [0.29, 0.717) is 17.1 Å². The second-order valence-corrected chi connectivity index (χ2v) is 16.0. The molecular formula is C38H47N10O8S2+. The zero-order chi connectivity index (χ0) is 41.4. The van der Waals surface area contributed by atoms with Crippen LogP contribution in [-0.4, -0.2) is 103 Å². The van der Waals surface area contributed by atoms with E-state index in [0.717, 1.165) is 54.3 Å². The highest BCUT2D eigenvalue weighted by Crippen LogP contribution is 2.41. The van der Waals surface area contributed by atoms with Crippen LogP contribution in [0.4, 0.5) is 9.93 Å². The minimum Gasteiger partial charge on any atom is -0.497 e. The summed E-state index contributed by atoms with van der Waals surface area (Å²) in [4.78, 5) is 69.6. The first-order chi connectivity index (χ1) is 27.9. The molecule has 1 aromatic carbocycles. The molecule has 0 spiro atoms. The number of amides is 3. The lowest BCUT2D eigenvalue weighted by Crippen LogP contribution is -2.71. The van der Waals surface area contributed by atoms with Crippen LogP contribution in [0.5, 0.6) is 5.75 Å². The number of hydrogen-bond donors (Lipinski definition) is 3. The summed E-state index contributed by atoms with van der Waals surface area (Å²) in [5, 5.41) is 11.9. The third-order valence-corrected chi connectivity index (χ3v) is 10.8. The summed E-state index contributed by atoms with van der Waals surface area (Å²) < 4.78 is 24.7. The van der Waals surface area contributed by atoms with Gasteiger partial charge in [0.2, 0.25) is 16.7 Å². The van der Waals surface area contributed by atoms with E-state index in [2.05, 4.69) is 46.9 Å². The molecule has 0 radical (unpaired) electrons. The highest BCUT2D eigenvalue weighted by atomic mass is 32.2. The maximum atomic E-state index is 14.1. The molecule has 0 aliphatic carbocycles. The fourth-order valence-corrected chi connectivity index (χ4v) is 8.08. The van der Waals surface area contributed by atoms with Crippen molar-refractivity contribution in [2.24, 2.45) is 5.16 Å². The Hall–Kier alpha value is -5.60. The van der Waals surface area contributed by atoms with Crippen LogP contribution < -0.4 is 25.3 Å². The average Bonchev–Trinajstić information content (AvgIpc) is 3.81. The van der Waals surface area contributed by atoms with Gasteiger partial charge in [0.05, 0.1) is 20.2 Å². The predicted molar refractivity (Wildman–Crippen MR) is 216 cm³/mol. The normalized spacial score (nSPS) is 16.8. The van der Waals surface area contributed by atoms with Crippen LogP contribution in [0.3, 0.4) is 0 Å². The van der Waals surface area contributed by atoms with Crippen LogP contribution in [0.1, 0.15) is 52.4 Å². The second kappa shape index (κ2) is 18.8. The summed E-state index contributed by atoms with van der Waals surface area (Å²) in [7, 11) is 1.57. The zero-order valence-electron chi connectivity index (χ0n) is 33.1. The molecule has 3 N–H and O–H groups in total. The first-order valence-electron chi connectivity index (χ1n) is 18.8. The van der Waals surface area contributed by atoms with E-state index in [1.165, 1.54) is 16.7 Å². The molecular weight excluding hydrogens is 789 g/mol. The number of methoxy groups -OCH3 is 1. The van der Waals surface area contributed by atoms with Crippen molar-refractivity contribution in [3.63, 3.8) is 0 Å². The van der Waals surface area contributed by atoms with Crippen LogP contribution >= 0.6 is 23.3 Å². The minimum atomic E-state index is -1.03. The molecule has 20 heteroatoms. The number of fused-ring (bicyclic) bond motifs is 2. The van der Waals surface area contributed by atoms with E-state index in [-0.39, 0.29) is 42.1 Å². The number of carbonyl (C=O) groups excluding carboxylic acids is 4. The summed E-state index contributed by atoms with van der Waals surface area (Å²) >= 11 is 2.22. The molecule has 4 aromatic rings. The maximum Gasteiger partial charge on any atom is 0.414 e. The molecule has 58 heavy (non-hydrogen) atoms. The molecule has 2 aliphatic heterocycles. The van der Waals surface area contributed by atoms with Gasteiger partial charge < -0.3 is 29.7 Å². The van der Waals surface area contributed by atoms with Crippen LogP contribution in [0, 0.1) is 0 Å². The number of anilines is 1. The molecule has 1 saturated heterocycles. The van der Waals surface area contributed by atoms with Gasteiger partial charge in [-0.05, 0) is 77.0 Å². The topological polar surface area (TPSA) is 204 Å². The van der Waals surface area contributed by atoms with Gasteiger partial charge in [-0.1, -0.05) is 24.2 Å². The van der Waals surface area contributed by atoms with Gasteiger partial charge in [0.1, 0.15) is 47.9 Å². The maximum absolute atomic E-state index is 14.1. The summed E-state index contributed by atoms with van der Waals surface area (Å²) in [6.45, 7) is 11.8. The fraction of sp³-hybridized carbons (Fsp3) is 0.447. The second-order valence-electron chi connectivity index (χ2n) is 14.1. The number of hydrogen-bond acceptors (Lipinski definition) is 15. The first kappa shape index (κ1) is 42.0. The largest absolute Gasteiger partial charge is 0.497 e. The standard InChI is InChI=1S/C38H46N10O8S2/c1-7-39-16-10-18-46-22-47(31-26(46)11-9-17-40-31)19-24-21-57-34-28(33(50)48(34)29(24)35(51)54-20-23-12-14-25(53-6)15-13-23)41-32(49)27(44-55-8-2)30-42-36(58-45-30)43-37(52)56-38(3,4)5/h9,11-15,17,22,28,34,39H,7-8,10,16,18-21H2,1-6H3,(H-,41,42,43,45,49,52)/p+1/b44-27-. The number of esters is 1. The summed E-state index contributed by atoms with van der Waals surface area (Å²) in [6, 6.07) is 10.00. The Morgan fingerprint density at radius 2 is 1.91 bits per heavy atom. The van der Waals surface area contributed by atoms with E-state index in [4.69, 9.17) is 19.0 Å². The molecule has 308 valence electrons. The molecule has 2 unspecified atom stereocenters. The van der Waals surface area contributed by atoms with Gasteiger partial charge in [-0.25, -0.2) is 14.2 Å². The Labute approximate surface area is 343 Å². The van der Waals surface area contributed by atoms with Gasteiger partial charge in [-0.3, -0.25) is 24.4 Å². The SMILES string of the molecule is CCNCCCn1c[n+](CC2=C(C(=O)OCc3ccc(OC)cc3)N3C(=O)C(NC(=O)/C(=N\OCC)c4nsc(NC(=O)OC(C)(C)C)n4)C3SC2)c2ncccc21. The van der Waals surface area contributed by atoms with Gasteiger partial charge in [-0.2, -0.15) is 9.36 Å². The van der Waals surface area contributed by atoms with E-state index >= 15 is 0 Å². The molecule has 18 nitrogen and oxygen atoms in total. The molecule has 3 aromatic heterocycles. The number of carbonyl (C=O) groups is 4. The van der Waals surface area contributed by atoms with Crippen LogP contribution in [0.25, 0.3) is 11.2 Å². The van der Waals surface area contributed by atoms with Crippen LogP contribution in [0.2, 0.25) is 0 Å². The van der Waals surface area contributed by atoms with Crippen molar-refractivity contribution in [3.05, 3.63) is 71.6 Å². The van der Waals surface area contributed by atoms with E-state index in [1.807, 2.05) is 23.0 Å². The minimum absolute atomic E-state index is 0.0396. The number of thioether (sulfide) groups is 1. The van der Waals surface area contributed by atoms with Crippen molar-refractivity contribution in [2.45, 2.75) is 77.8 Å². The van der Waals surface area contributed by atoms with Gasteiger partial charge in [0, 0.05) is 22.9 Å². The highest BCUT2D eigenvalue weighted by molar-refractivity contribution is 8.00. The molecule has 5 heterocycles. The molecule has 2 atom stereocenters. The van der Waals surface area contributed by atoms with Crippen molar-refractivity contribution >= 4 is 69.2 Å². The van der Waals surface area contributed by atoms with E-state index in [9.17, 15) is 19.2 Å². The lowest BCUT2D eigenvalue weighted by atomic mass is 10.0. The Kier molecular flexibility index (Phi) is 13.6. The number of aromatic nitrogens is 5. The number of aryl methyl sites for hydroxylation is 1. The van der Waals surface area contributed by atoms with E-state index in [1.54, 1.807) is 65.3 Å². The Morgan fingerprint density at radius 1 is 1.12 bits per heavy atom. The quantitative estimate of drug-likeness (QED) is 0.0349. The molecule has 3 amide bonds. The number of β-lactam (4-membered cyclic amide) rings is 1. The van der Waals surface area contributed by atoms with Crippen molar-refractivity contribution in [1.82, 2.24) is 34.4 Å². The lowest BCUT2D eigenvalue weighted by Gasteiger charge is -2.49. The van der Waals surface area contributed by atoms with Crippen LogP contribution in [-0.2, 0) is 48.4 Å². The van der Waals surface area contributed by atoms with Crippen molar-refractivity contribution < 1.29 is 42.8 Å². The van der Waals surface area contributed by atoms with Crippen molar-refractivity contribution in [3.8, 4) is 5.75 Å². The molecule has 2 aliphatic rings. The first-order valence-corrected chi connectivity index (χ1v) is 20.6. The fourth-order valence-electron chi connectivity index (χ4n) is 6.19. The van der Waals surface area contributed by atoms with Crippen LogP contribution in [0.15, 0.2) is 65.3 Å². The molecule has 6 rings (SSSR count). The number of rotatable bonds is 17. The van der Waals surface area contributed by atoms with Gasteiger partial charge in [0.15, 0.2) is 11.8 Å². The number of pyridine rings is 1. The summed E-state index contributed by atoms with van der Waals surface area (Å²) in [6.07, 6.45) is 3.86. The molecule has 0 bridgehead atoms. The highest BCUT2D eigenvalue weighted by Gasteiger charge is 2.55. The summed E-state index contributed by atoms with van der Waals surface area (Å²) in [5.41, 5.74) is 2.15. The smallest absolute Gasteiger partial charge is 0.414 e. The average molecular weight is 836 g/mol. The molecule has 1 fully saturated rings. The van der Waals surface area contributed by atoms with Gasteiger partial charge in [0.25, 0.3) is 11.8 Å². The van der Waals surface area contributed by atoms with Gasteiger partial charge in [-0.15, -0.1) is 16.7 Å². The van der Waals surface area contributed by atoms with Crippen molar-refractivity contribution in [2.75, 3.05) is 37.9 Å². The Bertz CT molecular complexity index is 2200. The number of oxime groups is 1. The third-order valence-electron chi connectivity index (χ3n) is 8.79. The third kappa shape index (κ3) is 9.91. The Balaban J connectivity index is 1.24. The van der Waals surface area contributed by atoms with E-state index < -0.39 is 40.9 Å². The predicted octanol–water partition coefficient (Wildman–Crippen LogP) is 3.37. The number of nitrogens with one attached hydrogen (secondary N) is 3.